The van der Waals surface area contributed by atoms with E-state index in [1.54, 1.807) is 9.47 Å². The van der Waals surface area contributed by atoms with E-state index in [1.165, 1.54) is 24.8 Å². The fourth-order valence-corrected chi connectivity index (χ4v) is 5.20. The highest BCUT2D eigenvalue weighted by molar-refractivity contribution is 5.89. The summed E-state index contributed by atoms with van der Waals surface area (Å²) < 4.78 is 39.7. The highest BCUT2D eigenvalue weighted by atomic mass is 19.3. The van der Waals surface area contributed by atoms with Crippen molar-refractivity contribution in [3.63, 3.8) is 0 Å². The Labute approximate surface area is 226 Å². The Morgan fingerprint density at radius 2 is 2.05 bits per heavy atom. The first-order valence-electron chi connectivity index (χ1n) is 12.8. The third kappa shape index (κ3) is 4.95. The van der Waals surface area contributed by atoms with E-state index in [9.17, 15) is 18.4 Å². The molecular weight excluding hydrogens is 530 g/mol. The van der Waals surface area contributed by atoms with Crippen LogP contribution in [0.3, 0.4) is 0 Å². The van der Waals surface area contributed by atoms with Gasteiger partial charge in [0.25, 0.3) is 0 Å². The summed E-state index contributed by atoms with van der Waals surface area (Å²) in [6.45, 7) is 4.11. The average molecular weight is 559 g/mol. The molecule has 0 bridgehead atoms. The zero-order valence-electron chi connectivity index (χ0n) is 21.5. The Bertz CT molecular complexity index is 1430. The highest BCUT2D eigenvalue weighted by Crippen LogP contribution is 2.35. The molecule has 3 aliphatic heterocycles. The second-order valence-electron chi connectivity index (χ2n) is 9.93. The van der Waals surface area contributed by atoms with Gasteiger partial charge in [-0.2, -0.15) is 23.8 Å². The van der Waals surface area contributed by atoms with Crippen LogP contribution in [0.4, 0.5) is 20.5 Å². The molecule has 6 rings (SSSR count). The van der Waals surface area contributed by atoms with Gasteiger partial charge >= 0.3 is 6.55 Å². The van der Waals surface area contributed by atoms with Crippen molar-refractivity contribution < 1.29 is 27.8 Å². The van der Waals surface area contributed by atoms with Crippen molar-refractivity contribution in [1.29, 1.82) is 0 Å². The third-order valence-corrected chi connectivity index (χ3v) is 7.18. The van der Waals surface area contributed by atoms with Gasteiger partial charge in [0.05, 0.1) is 63.6 Å². The van der Waals surface area contributed by atoms with E-state index < -0.39 is 12.2 Å². The quantitative estimate of drug-likeness (QED) is 0.371. The van der Waals surface area contributed by atoms with E-state index in [0.717, 1.165) is 0 Å². The second kappa shape index (κ2) is 10.4. The zero-order valence-corrected chi connectivity index (χ0v) is 21.5. The number of anilines is 2. The molecule has 1 atom stereocenters. The van der Waals surface area contributed by atoms with E-state index >= 15 is 0 Å². The van der Waals surface area contributed by atoms with Crippen LogP contribution < -0.4 is 15.5 Å². The number of carbonyl (C=O) groups excluding carboxylic acids is 2. The molecular formula is C24H28F2N10O4. The molecule has 2 amide bonds. The molecule has 0 radical (unpaired) electrons. The van der Waals surface area contributed by atoms with Crippen LogP contribution >= 0.6 is 0 Å². The first kappa shape index (κ1) is 26.1. The number of ether oxygens (including phenoxy) is 2. The number of hydrogen-bond donors (Lipinski definition) is 2. The molecule has 6 heterocycles. The molecule has 0 aromatic carbocycles. The number of imidazole rings is 1. The standard InChI is InChI=1S/C24H28F2N10O4/c1-2-18(38)34-12-24(13-34)7-15(11-40-24)30-17(37)9-27-20-19-21(32-23(31-20)33-3-5-39-6-4-33)35(14-28-19)16-8-29-36(10-16)22(25)26/h2,8,10,14-15,22H,1,3-7,9,11-13H2,(H,30,37)(H,27,31,32). The summed E-state index contributed by atoms with van der Waals surface area (Å²) >= 11 is 0. The van der Waals surface area contributed by atoms with Crippen molar-refractivity contribution in [2.24, 2.45) is 0 Å². The van der Waals surface area contributed by atoms with Crippen LogP contribution in [-0.2, 0) is 19.1 Å². The summed E-state index contributed by atoms with van der Waals surface area (Å²) in [5.41, 5.74) is 0.681. The number of aromatic nitrogens is 6. The lowest BCUT2D eigenvalue weighted by Gasteiger charge is -2.46. The Kier molecular flexibility index (Phi) is 6.79. The number of rotatable bonds is 8. The molecule has 1 unspecified atom stereocenters. The molecule has 0 saturated carbocycles. The molecule has 3 fully saturated rings. The van der Waals surface area contributed by atoms with Crippen molar-refractivity contribution in [2.45, 2.75) is 24.6 Å². The van der Waals surface area contributed by atoms with Crippen LogP contribution in [0.25, 0.3) is 16.9 Å². The van der Waals surface area contributed by atoms with E-state index in [1.807, 2.05) is 4.90 Å². The van der Waals surface area contributed by atoms with Gasteiger partial charge in [-0.3, -0.25) is 14.2 Å². The number of fused-ring (bicyclic) bond motifs is 1. The number of halogens is 2. The smallest absolute Gasteiger partial charge is 0.333 e. The summed E-state index contributed by atoms with van der Waals surface area (Å²) in [7, 11) is 0. The van der Waals surface area contributed by atoms with E-state index in [4.69, 9.17) is 9.47 Å². The Morgan fingerprint density at radius 3 is 2.77 bits per heavy atom. The molecule has 1 spiro atoms. The number of likely N-dealkylation sites (tertiary alicyclic amines) is 1. The van der Waals surface area contributed by atoms with Gasteiger partial charge in [0.2, 0.25) is 17.8 Å². The van der Waals surface area contributed by atoms with Gasteiger partial charge in [0.1, 0.15) is 11.9 Å². The zero-order chi connectivity index (χ0) is 27.9. The van der Waals surface area contributed by atoms with Gasteiger partial charge < -0.3 is 29.9 Å². The summed E-state index contributed by atoms with van der Waals surface area (Å²) in [5, 5.41) is 9.74. The lowest BCUT2D eigenvalue weighted by Crippen LogP contribution is -2.63. The van der Waals surface area contributed by atoms with Gasteiger partial charge in [-0.25, -0.2) is 9.67 Å². The Hall–Kier alpha value is -4.18. The predicted octanol–water partition coefficient (Wildman–Crippen LogP) is 0.328. The monoisotopic (exact) mass is 558 g/mol. The number of nitrogens with zero attached hydrogens (tertiary/aromatic N) is 8. The molecule has 3 saturated heterocycles. The van der Waals surface area contributed by atoms with Gasteiger partial charge in [0, 0.05) is 19.5 Å². The summed E-state index contributed by atoms with van der Waals surface area (Å²) in [5.74, 6) is 0.333. The maximum atomic E-state index is 13.1. The molecule has 40 heavy (non-hydrogen) atoms. The van der Waals surface area contributed by atoms with Crippen LogP contribution in [0.1, 0.15) is 13.0 Å². The molecule has 3 aromatic heterocycles. The lowest BCUT2D eigenvalue weighted by molar-refractivity contribution is -0.152. The summed E-state index contributed by atoms with van der Waals surface area (Å²) in [6, 6.07) is -0.185. The summed E-state index contributed by atoms with van der Waals surface area (Å²) in [4.78, 5) is 41.9. The minimum Gasteiger partial charge on any atom is -0.378 e. The average Bonchev–Trinajstić information content (AvgIpc) is 3.69. The molecule has 14 nitrogen and oxygen atoms in total. The highest BCUT2D eigenvalue weighted by Gasteiger charge is 2.51. The maximum Gasteiger partial charge on any atom is 0.333 e. The van der Waals surface area contributed by atoms with E-state index in [2.05, 4.69) is 37.3 Å². The van der Waals surface area contributed by atoms with Crippen molar-refractivity contribution in [1.82, 2.24) is 39.5 Å². The lowest BCUT2D eigenvalue weighted by atomic mass is 9.89. The van der Waals surface area contributed by atoms with Crippen molar-refractivity contribution in [3.05, 3.63) is 31.4 Å². The Balaban J connectivity index is 1.17. The van der Waals surface area contributed by atoms with Crippen LogP contribution in [0.2, 0.25) is 0 Å². The minimum absolute atomic E-state index is 0.0879. The van der Waals surface area contributed by atoms with Gasteiger partial charge in [-0.1, -0.05) is 6.58 Å². The van der Waals surface area contributed by atoms with Crippen molar-refractivity contribution in [3.8, 4) is 5.69 Å². The van der Waals surface area contributed by atoms with Gasteiger partial charge in [0.15, 0.2) is 17.0 Å². The third-order valence-electron chi connectivity index (χ3n) is 7.18. The SMILES string of the molecule is C=CC(=O)N1CC2(CC(NC(=O)CNc3nc(N4CCOCC4)nc4c3ncn4-c3cnn(C(F)F)c3)CO2)C1. The van der Waals surface area contributed by atoms with Crippen molar-refractivity contribution in [2.75, 3.05) is 62.8 Å². The molecule has 0 aliphatic carbocycles. The van der Waals surface area contributed by atoms with Crippen LogP contribution in [0, 0.1) is 0 Å². The van der Waals surface area contributed by atoms with Crippen LogP contribution in [0.5, 0.6) is 0 Å². The first-order valence-corrected chi connectivity index (χ1v) is 12.8. The number of hydrogen-bond acceptors (Lipinski definition) is 10. The van der Waals surface area contributed by atoms with Gasteiger partial charge in [-0.15, -0.1) is 0 Å². The second-order valence-corrected chi connectivity index (χ2v) is 9.93. The summed E-state index contributed by atoms with van der Waals surface area (Å²) in [6.07, 6.45) is 5.84. The normalized spacial score (nSPS) is 20.2. The number of amides is 2. The maximum absolute atomic E-state index is 13.1. The fourth-order valence-electron chi connectivity index (χ4n) is 5.20. The molecule has 212 valence electrons. The van der Waals surface area contributed by atoms with Crippen molar-refractivity contribution >= 4 is 34.7 Å². The minimum atomic E-state index is -2.78. The number of nitrogens with one attached hydrogen (secondary N) is 2. The topological polar surface area (TPSA) is 145 Å². The molecule has 3 aromatic rings. The van der Waals surface area contributed by atoms with Gasteiger partial charge in [-0.05, 0) is 6.08 Å². The largest absolute Gasteiger partial charge is 0.378 e. The van der Waals surface area contributed by atoms with E-state index in [0.29, 0.717) is 85.7 Å². The molecule has 2 N–H and O–H groups in total. The Morgan fingerprint density at radius 1 is 1.25 bits per heavy atom. The van der Waals surface area contributed by atoms with Crippen LogP contribution in [0.15, 0.2) is 31.4 Å². The van der Waals surface area contributed by atoms with E-state index in [-0.39, 0.29) is 24.4 Å². The molecule has 3 aliphatic rings. The van der Waals surface area contributed by atoms with Crippen LogP contribution in [-0.4, -0.2) is 110 Å². The fraction of sp³-hybridized carbons (Fsp3) is 0.500. The molecule has 16 heteroatoms. The first-order chi connectivity index (χ1) is 19.3. The number of carbonyl (C=O) groups is 2. The number of alkyl halides is 2. The number of morpholine rings is 1. The predicted molar refractivity (Wildman–Crippen MR) is 137 cm³/mol.